The molecule has 3 rings (SSSR count). The number of halogens is 2. The van der Waals surface area contributed by atoms with Crippen molar-refractivity contribution in [1.29, 1.82) is 0 Å². The number of fused-ring (bicyclic) bond motifs is 1. The van der Waals surface area contributed by atoms with E-state index in [1.165, 1.54) is 4.90 Å². The molecule has 1 aliphatic rings. The van der Waals surface area contributed by atoms with E-state index in [-0.39, 0.29) is 25.4 Å². The maximum atomic E-state index is 13.1. The largest absolute Gasteiger partial charge is 0.338 e. The molecule has 106 valence electrons. The van der Waals surface area contributed by atoms with Crippen molar-refractivity contribution < 1.29 is 13.6 Å². The molecule has 1 aliphatic heterocycles. The Hall–Kier alpha value is -1.91. The van der Waals surface area contributed by atoms with E-state index < -0.39 is 12.5 Å². The van der Waals surface area contributed by atoms with E-state index >= 15 is 0 Å². The first-order valence-electron chi connectivity index (χ1n) is 6.66. The lowest BCUT2D eigenvalue weighted by Crippen LogP contribution is -2.33. The average Bonchev–Trinajstić information content (AvgIpc) is 2.93. The van der Waals surface area contributed by atoms with Crippen molar-refractivity contribution in [2.45, 2.75) is 25.8 Å². The van der Waals surface area contributed by atoms with Crippen molar-refractivity contribution in [3.63, 3.8) is 0 Å². The van der Waals surface area contributed by atoms with Gasteiger partial charge in [0.15, 0.2) is 0 Å². The Morgan fingerprint density at radius 1 is 1.35 bits per heavy atom. The smallest absolute Gasteiger partial charge is 0.267 e. The Kier molecular flexibility index (Phi) is 3.00. The molecule has 5 heteroatoms. The molecule has 0 aliphatic carbocycles. The van der Waals surface area contributed by atoms with Crippen LogP contribution in [0.5, 0.6) is 0 Å². The first kappa shape index (κ1) is 13.1. The fourth-order valence-electron chi connectivity index (χ4n) is 2.65. The van der Waals surface area contributed by atoms with Gasteiger partial charge in [0, 0.05) is 24.7 Å². The van der Waals surface area contributed by atoms with E-state index in [2.05, 4.69) is 0 Å². The number of likely N-dealkylation sites (tertiary alicyclic amines) is 1. The second-order valence-electron chi connectivity index (χ2n) is 5.43. The molecular weight excluding hydrogens is 262 g/mol. The van der Waals surface area contributed by atoms with E-state index in [1.54, 1.807) is 0 Å². The van der Waals surface area contributed by atoms with Crippen LogP contribution in [0.2, 0.25) is 0 Å². The third-order valence-corrected chi connectivity index (χ3v) is 3.75. The molecule has 0 unspecified atom stereocenters. The maximum absolute atomic E-state index is 13.1. The molecule has 0 saturated carbocycles. The molecule has 0 atom stereocenters. The maximum Gasteiger partial charge on any atom is 0.267 e. The third kappa shape index (κ3) is 2.40. The molecule has 1 amide bonds. The van der Waals surface area contributed by atoms with Gasteiger partial charge in [0.25, 0.3) is 5.92 Å². The van der Waals surface area contributed by atoms with Gasteiger partial charge in [0.1, 0.15) is 6.54 Å². The number of carbonyl (C=O) groups is 1. The van der Waals surface area contributed by atoms with Crippen molar-refractivity contribution in [3.05, 3.63) is 36.0 Å². The highest BCUT2D eigenvalue weighted by atomic mass is 19.3. The number of aryl methyl sites for hydroxylation is 1. The molecule has 0 spiro atoms. The van der Waals surface area contributed by atoms with E-state index in [0.29, 0.717) is 0 Å². The number of nitrogens with zero attached hydrogens (tertiary/aromatic N) is 2. The van der Waals surface area contributed by atoms with Gasteiger partial charge >= 0.3 is 0 Å². The number of alkyl halides is 2. The predicted octanol–water partition coefficient (Wildman–Crippen LogP) is 2.82. The minimum Gasteiger partial charge on any atom is -0.338 e. The topological polar surface area (TPSA) is 25.2 Å². The van der Waals surface area contributed by atoms with Gasteiger partial charge in [-0.3, -0.25) is 4.79 Å². The van der Waals surface area contributed by atoms with Crippen molar-refractivity contribution in [2.24, 2.45) is 0 Å². The van der Waals surface area contributed by atoms with E-state index in [0.717, 1.165) is 16.5 Å². The summed E-state index contributed by atoms with van der Waals surface area (Å²) in [6, 6.07) is 7.92. The van der Waals surface area contributed by atoms with Gasteiger partial charge in [-0.2, -0.15) is 0 Å². The van der Waals surface area contributed by atoms with Crippen molar-refractivity contribution >= 4 is 16.8 Å². The number of hydrogen-bond acceptors (Lipinski definition) is 1. The van der Waals surface area contributed by atoms with Gasteiger partial charge in [0.2, 0.25) is 5.91 Å². The zero-order chi connectivity index (χ0) is 14.3. The van der Waals surface area contributed by atoms with E-state index in [9.17, 15) is 13.6 Å². The highest BCUT2D eigenvalue weighted by Crippen LogP contribution is 2.27. The molecule has 1 aromatic carbocycles. The molecule has 1 fully saturated rings. The van der Waals surface area contributed by atoms with Crippen LogP contribution in [0.3, 0.4) is 0 Å². The third-order valence-electron chi connectivity index (χ3n) is 3.75. The van der Waals surface area contributed by atoms with Crippen LogP contribution in [0.1, 0.15) is 12.0 Å². The molecule has 1 saturated heterocycles. The Bertz CT molecular complexity index is 663. The summed E-state index contributed by atoms with van der Waals surface area (Å²) >= 11 is 0. The minimum absolute atomic E-state index is 0.114. The monoisotopic (exact) mass is 278 g/mol. The number of hydrogen-bond donors (Lipinski definition) is 0. The molecule has 0 N–H and O–H groups in total. The quantitative estimate of drug-likeness (QED) is 0.829. The molecule has 2 heterocycles. The van der Waals surface area contributed by atoms with E-state index in [1.807, 2.05) is 42.0 Å². The number of amides is 1. The molecule has 0 bridgehead atoms. The van der Waals surface area contributed by atoms with Crippen LogP contribution < -0.4 is 0 Å². The minimum atomic E-state index is -2.73. The zero-order valence-electron chi connectivity index (χ0n) is 11.3. The van der Waals surface area contributed by atoms with Gasteiger partial charge < -0.3 is 9.47 Å². The average molecular weight is 278 g/mol. The highest BCUT2D eigenvalue weighted by molar-refractivity contribution is 5.84. The van der Waals surface area contributed by atoms with Gasteiger partial charge in [-0.25, -0.2) is 8.78 Å². The Morgan fingerprint density at radius 3 is 2.85 bits per heavy atom. The molecule has 1 aromatic heterocycles. The fraction of sp³-hybridized carbons (Fsp3) is 0.400. The van der Waals surface area contributed by atoms with Crippen LogP contribution in [-0.2, 0) is 11.3 Å². The summed E-state index contributed by atoms with van der Waals surface area (Å²) in [6.45, 7) is 1.81. The van der Waals surface area contributed by atoms with Gasteiger partial charge in [-0.15, -0.1) is 0 Å². The van der Waals surface area contributed by atoms with Crippen molar-refractivity contribution in [3.8, 4) is 0 Å². The molecule has 2 aromatic rings. The van der Waals surface area contributed by atoms with Crippen LogP contribution in [0.25, 0.3) is 10.9 Å². The number of benzene rings is 1. The summed E-state index contributed by atoms with van der Waals surface area (Å²) < 4.78 is 28.1. The Morgan fingerprint density at radius 2 is 2.15 bits per heavy atom. The van der Waals surface area contributed by atoms with Crippen molar-refractivity contribution in [1.82, 2.24) is 9.47 Å². The van der Waals surface area contributed by atoms with Gasteiger partial charge in [-0.1, -0.05) is 11.6 Å². The second-order valence-corrected chi connectivity index (χ2v) is 5.43. The van der Waals surface area contributed by atoms with Crippen LogP contribution in [0.15, 0.2) is 30.5 Å². The normalized spacial score (nSPS) is 17.9. The Labute approximate surface area is 115 Å². The fourth-order valence-corrected chi connectivity index (χ4v) is 2.65. The number of rotatable bonds is 2. The summed E-state index contributed by atoms with van der Waals surface area (Å²) in [5.41, 5.74) is 2.11. The predicted molar refractivity (Wildman–Crippen MR) is 72.8 cm³/mol. The summed E-state index contributed by atoms with van der Waals surface area (Å²) in [4.78, 5) is 13.3. The number of aromatic nitrogens is 1. The molecule has 0 radical (unpaired) electrons. The van der Waals surface area contributed by atoms with Crippen LogP contribution >= 0.6 is 0 Å². The summed E-state index contributed by atoms with van der Waals surface area (Å²) in [5.74, 6) is -2.98. The summed E-state index contributed by atoms with van der Waals surface area (Å²) in [5, 5.41) is 1.06. The van der Waals surface area contributed by atoms with Crippen molar-refractivity contribution in [2.75, 3.05) is 13.1 Å². The lowest BCUT2D eigenvalue weighted by atomic mass is 10.2. The van der Waals surface area contributed by atoms with Crippen LogP contribution in [0.4, 0.5) is 8.78 Å². The molecule has 3 nitrogen and oxygen atoms in total. The lowest BCUT2D eigenvalue weighted by Gasteiger charge is -2.16. The van der Waals surface area contributed by atoms with Crippen LogP contribution in [-0.4, -0.2) is 34.4 Å². The molecular formula is C15H16F2N2O. The van der Waals surface area contributed by atoms with Crippen LogP contribution in [0, 0.1) is 6.92 Å². The standard InChI is InChI=1S/C15H16F2N2O/c1-11-2-3-13-12(8-11)4-6-18(13)9-14(20)19-7-5-15(16,17)10-19/h2-4,6,8H,5,7,9-10H2,1H3. The zero-order valence-corrected chi connectivity index (χ0v) is 11.3. The second kappa shape index (κ2) is 4.58. The SMILES string of the molecule is Cc1ccc2c(ccn2CC(=O)N2CCC(F)(F)C2)c1. The summed E-state index contributed by atoms with van der Waals surface area (Å²) in [6.07, 6.45) is 1.60. The number of carbonyl (C=O) groups excluding carboxylic acids is 1. The van der Waals surface area contributed by atoms with Gasteiger partial charge in [0.05, 0.1) is 6.54 Å². The summed E-state index contributed by atoms with van der Waals surface area (Å²) in [7, 11) is 0. The Balaban J connectivity index is 1.78. The van der Waals surface area contributed by atoms with Gasteiger partial charge in [-0.05, 0) is 30.5 Å². The molecule has 20 heavy (non-hydrogen) atoms. The highest BCUT2D eigenvalue weighted by Gasteiger charge is 2.40. The lowest BCUT2D eigenvalue weighted by molar-refractivity contribution is -0.132. The first-order valence-corrected chi connectivity index (χ1v) is 6.66. The van der Waals surface area contributed by atoms with E-state index in [4.69, 9.17) is 0 Å². The first-order chi connectivity index (χ1) is 9.44.